The molecule has 0 radical (unpaired) electrons. The average molecular weight is 321 g/mol. The monoisotopic (exact) mass is 321 g/mol. The molecule has 3 aromatic rings. The SMILES string of the molecule is Cc1ccc(C(=O)O)cc1-c1ccc2c(NC(C)C)nncc2c1. The number of fused-ring (bicyclic) bond motifs is 1. The molecule has 5 heteroatoms. The minimum atomic E-state index is -0.925. The number of hydrogen-bond acceptors (Lipinski definition) is 4. The molecule has 1 heterocycles. The van der Waals surface area contributed by atoms with E-state index in [1.54, 1.807) is 18.3 Å². The summed E-state index contributed by atoms with van der Waals surface area (Å²) in [5, 5.41) is 22.7. The molecule has 2 aromatic carbocycles. The lowest BCUT2D eigenvalue weighted by atomic mass is 9.96. The van der Waals surface area contributed by atoms with Crippen LogP contribution in [0, 0.1) is 6.92 Å². The third kappa shape index (κ3) is 3.06. The molecule has 0 bridgehead atoms. The molecule has 0 unspecified atom stereocenters. The van der Waals surface area contributed by atoms with Gasteiger partial charge in [-0.25, -0.2) is 4.79 Å². The van der Waals surface area contributed by atoms with E-state index in [2.05, 4.69) is 29.4 Å². The van der Waals surface area contributed by atoms with Gasteiger partial charge in [-0.15, -0.1) is 5.10 Å². The second-order valence-corrected chi connectivity index (χ2v) is 6.13. The van der Waals surface area contributed by atoms with Crippen LogP contribution in [0.25, 0.3) is 21.9 Å². The minimum absolute atomic E-state index is 0.263. The quantitative estimate of drug-likeness (QED) is 0.756. The molecule has 122 valence electrons. The number of anilines is 1. The number of carboxylic acids is 1. The Labute approximate surface area is 140 Å². The van der Waals surface area contributed by atoms with Crippen molar-refractivity contribution in [2.45, 2.75) is 26.8 Å². The van der Waals surface area contributed by atoms with Crippen molar-refractivity contribution >= 4 is 22.6 Å². The molecule has 1 aromatic heterocycles. The van der Waals surface area contributed by atoms with Crippen LogP contribution < -0.4 is 5.32 Å². The Kier molecular flexibility index (Phi) is 4.16. The maximum Gasteiger partial charge on any atom is 0.335 e. The zero-order valence-electron chi connectivity index (χ0n) is 13.9. The molecule has 0 aliphatic carbocycles. The van der Waals surface area contributed by atoms with E-state index >= 15 is 0 Å². The smallest absolute Gasteiger partial charge is 0.335 e. The lowest BCUT2D eigenvalue weighted by Crippen LogP contribution is -2.11. The average Bonchev–Trinajstić information content (AvgIpc) is 2.54. The van der Waals surface area contributed by atoms with E-state index in [1.807, 2.05) is 31.2 Å². The molecular weight excluding hydrogens is 302 g/mol. The van der Waals surface area contributed by atoms with Gasteiger partial charge in [-0.3, -0.25) is 0 Å². The fourth-order valence-electron chi connectivity index (χ4n) is 2.70. The van der Waals surface area contributed by atoms with Gasteiger partial charge < -0.3 is 10.4 Å². The Hall–Kier alpha value is -2.95. The first-order valence-corrected chi connectivity index (χ1v) is 7.82. The van der Waals surface area contributed by atoms with Crippen LogP contribution in [-0.4, -0.2) is 27.3 Å². The van der Waals surface area contributed by atoms with Crippen molar-refractivity contribution in [3.63, 3.8) is 0 Å². The summed E-state index contributed by atoms with van der Waals surface area (Å²) in [6.45, 7) is 6.08. The summed E-state index contributed by atoms with van der Waals surface area (Å²) >= 11 is 0. The Morgan fingerprint density at radius 3 is 2.67 bits per heavy atom. The molecular formula is C19H19N3O2. The fourth-order valence-corrected chi connectivity index (χ4v) is 2.70. The highest BCUT2D eigenvalue weighted by Gasteiger charge is 2.10. The van der Waals surface area contributed by atoms with Gasteiger partial charge in [-0.2, -0.15) is 5.10 Å². The first-order valence-electron chi connectivity index (χ1n) is 7.82. The Morgan fingerprint density at radius 2 is 1.96 bits per heavy atom. The summed E-state index contributed by atoms with van der Waals surface area (Å²) in [4.78, 5) is 11.2. The number of carboxylic acid groups (broad SMARTS) is 1. The van der Waals surface area contributed by atoms with Gasteiger partial charge in [-0.05, 0) is 61.7 Å². The van der Waals surface area contributed by atoms with Gasteiger partial charge in [0.15, 0.2) is 5.82 Å². The van der Waals surface area contributed by atoms with Crippen LogP contribution in [0.15, 0.2) is 42.6 Å². The third-order valence-electron chi connectivity index (χ3n) is 3.88. The maximum absolute atomic E-state index is 11.2. The van der Waals surface area contributed by atoms with E-state index in [1.165, 1.54) is 0 Å². The molecule has 0 aliphatic rings. The Bertz CT molecular complexity index is 920. The van der Waals surface area contributed by atoms with E-state index in [9.17, 15) is 9.90 Å². The molecule has 5 nitrogen and oxygen atoms in total. The van der Waals surface area contributed by atoms with Crippen molar-refractivity contribution in [1.29, 1.82) is 0 Å². The van der Waals surface area contributed by atoms with Crippen LogP contribution in [0.5, 0.6) is 0 Å². The number of nitrogens with zero attached hydrogens (tertiary/aromatic N) is 2. The van der Waals surface area contributed by atoms with Crippen LogP contribution >= 0.6 is 0 Å². The zero-order valence-corrected chi connectivity index (χ0v) is 13.9. The normalized spacial score (nSPS) is 11.0. The van der Waals surface area contributed by atoms with Gasteiger partial charge in [0.05, 0.1) is 11.8 Å². The maximum atomic E-state index is 11.2. The lowest BCUT2D eigenvalue weighted by molar-refractivity contribution is 0.0697. The highest BCUT2D eigenvalue weighted by Crippen LogP contribution is 2.29. The largest absolute Gasteiger partial charge is 0.478 e. The van der Waals surface area contributed by atoms with Crippen molar-refractivity contribution in [2.75, 3.05) is 5.32 Å². The number of carbonyl (C=O) groups is 1. The van der Waals surface area contributed by atoms with Gasteiger partial charge in [0.25, 0.3) is 0 Å². The van der Waals surface area contributed by atoms with Crippen LogP contribution in [0.4, 0.5) is 5.82 Å². The van der Waals surface area contributed by atoms with E-state index in [0.717, 1.165) is 33.3 Å². The molecule has 0 fully saturated rings. The van der Waals surface area contributed by atoms with E-state index in [4.69, 9.17) is 0 Å². The third-order valence-corrected chi connectivity index (χ3v) is 3.88. The second-order valence-electron chi connectivity index (χ2n) is 6.13. The summed E-state index contributed by atoms with van der Waals surface area (Å²) < 4.78 is 0. The topological polar surface area (TPSA) is 75.1 Å². The van der Waals surface area contributed by atoms with Crippen LogP contribution in [0.2, 0.25) is 0 Å². The molecule has 2 N–H and O–H groups in total. The predicted octanol–water partition coefficient (Wildman–Crippen LogP) is 4.12. The molecule has 0 spiro atoms. The van der Waals surface area contributed by atoms with Gasteiger partial charge in [0, 0.05) is 16.8 Å². The second kappa shape index (κ2) is 6.28. The fraction of sp³-hybridized carbons (Fsp3) is 0.211. The first-order chi connectivity index (χ1) is 11.5. The van der Waals surface area contributed by atoms with Crippen molar-refractivity contribution in [3.05, 3.63) is 53.7 Å². The van der Waals surface area contributed by atoms with Crippen molar-refractivity contribution in [3.8, 4) is 11.1 Å². The summed E-state index contributed by atoms with van der Waals surface area (Å²) in [7, 11) is 0. The Balaban J connectivity index is 2.12. The molecule has 0 saturated carbocycles. The van der Waals surface area contributed by atoms with E-state index in [-0.39, 0.29) is 11.6 Å². The van der Waals surface area contributed by atoms with Crippen LogP contribution in [-0.2, 0) is 0 Å². The van der Waals surface area contributed by atoms with Crippen molar-refractivity contribution in [1.82, 2.24) is 10.2 Å². The summed E-state index contributed by atoms with van der Waals surface area (Å²) in [5.41, 5.74) is 3.19. The van der Waals surface area contributed by atoms with E-state index in [0.29, 0.717) is 0 Å². The van der Waals surface area contributed by atoms with E-state index < -0.39 is 5.97 Å². The van der Waals surface area contributed by atoms with Crippen molar-refractivity contribution in [2.24, 2.45) is 0 Å². The molecule has 0 saturated heterocycles. The van der Waals surface area contributed by atoms with Crippen LogP contribution in [0.3, 0.4) is 0 Å². The minimum Gasteiger partial charge on any atom is -0.478 e. The molecule has 0 amide bonds. The van der Waals surface area contributed by atoms with Gasteiger partial charge >= 0.3 is 5.97 Å². The number of aryl methyl sites for hydroxylation is 1. The Morgan fingerprint density at radius 1 is 1.17 bits per heavy atom. The number of hydrogen-bond donors (Lipinski definition) is 2. The van der Waals surface area contributed by atoms with Gasteiger partial charge in [-0.1, -0.05) is 12.1 Å². The summed E-state index contributed by atoms with van der Waals surface area (Å²) in [5.74, 6) is -0.170. The van der Waals surface area contributed by atoms with Gasteiger partial charge in [0.2, 0.25) is 0 Å². The molecule has 24 heavy (non-hydrogen) atoms. The number of aromatic carboxylic acids is 1. The van der Waals surface area contributed by atoms with Crippen LogP contribution in [0.1, 0.15) is 29.8 Å². The number of aromatic nitrogens is 2. The molecule has 0 atom stereocenters. The van der Waals surface area contributed by atoms with Crippen molar-refractivity contribution < 1.29 is 9.90 Å². The predicted molar refractivity (Wildman–Crippen MR) is 95.4 cm³/mol. The molecule has 0 aliphatic heterocycles. The lowest BCUT2D eigenvalue weighted by Gasteiger charge is -2.12. The molecule has 3 rings (SSSR count). The number of rotatable bonds is 4. The number of benzene rings is 2. The number of nitrogens with one attached hydrogen (secondary N) is 1. The first kappa shape index (κ1) is 15.9. The van der Waals surface area contributed by atoms with Gasteiger partial charge in [0.1, 0.15) is 0 Å². The summed E-state index contributed by atoms with van der Waals surface area (Å²) in [6.07, 6.45) is 1.72. The zero-order chi connectivity index (χ0) is 17.3. The highest BCUT2D eigenvalue weighted by molar-refractivity contribution is 5.95. The highest BCUT2D eigenvalue weighted by atomic mass is 16.4. The summed E-state index contributed by atoms with van der Waals surface area (Å²) in [6, 6.07) is 11.4. The standard InChI is InChI=1S/C19H19N3O2/c1-11(2)21-18-16-7-6-13(8-15(16)10-20-22-18)17-9-14(19(23)24)5-4-12(17)3/h4-11H,1-3H3,(H,21,22)(H,23,24).